The summed E-state index contributed by atoms with van der Waals surface area (Å²) in [5.74, 6) is 1.97. The van der Waals surface area contributed by atoms with Crippen LogP contribution in [0, 0.1) is 6.92 Å². The van der Waals surface area contributed by atoms with Gasteiger partial charge in [-0.2, -0.15) is 5.10 Å². The number of ether oxygens (including phenoxy) is 2. The molecule has 38 heavy (non-hydrogen) atoms. The molecule has 0 amide bonds. The molecule has 0 saturated carbocycles. The van der Waals surface area contributed by atoms with Crippen molar-refractivity contribution in [2.24, 2.45) is 0 Å². The highest BCUT2D eigenvalue weighted by Gasteiger charge is 2.16. The number of halogens is 1. The normalized spacial score (nSPS) is 12.9. The summed E-state index contributed by atoms with van der Waals surface area (Å²) in [7, 11) is -1.14. The molecule has 198 valence electrons. The summed E-state index contributed by atoms with van der Waals surface area (Å²) in [6.07, 6.45) is 4.26. The van der Waals surface area contributed by atoms with E-state index in [1.807, 2.05) is 31.2 Å². The molecule has 3 heterocycles. The molecule has 1 N–H and O–H groups in total. The number of hydrogen-bond acceptors (Lipinski definition) is 7. The van der Waals surface area contributed by atoms with E-state index in [4.69, 9.17) is 31.0 Å². The Morgan fingerprint density at radius 3 is 2.63 bits per heavy atom. The lowest BCUT2D eigenvalue weighted by atomic mass is 10.2. The summed E-state index contributed by atoms with van der Waals surface area (Å²) in [5.41, 5.74) is 4.29. The van der Waals surface area contributed by atoms with Crippen molar-refractivity contribution in [1.82, 2.24) is 29.3 Å². The predicted molar refractivity (Wildman–Crippen MR) is 151 cm³/mol. The van der Waals surface area contributed by atoms with E-state index in [9.17, 15) is 5.11 Å². The van der Waals surface area contributed by atoms with Crippen molar-refractivity contribution in [2.75, 3.05) is 6.61 Å². The van der Waals surface area contributed by atoms with E-state index >= 15 is 0 Å². The fourth-order valence-electron chi connectivity index (χ4n) is 4.04. The van der Waals surface area contributed by atoms with Crippen LogP contribution in [0.1, 0.15) is 19.0 Å². The Morgan fingerprint density at radius 1 is 1.08 bits per heavy atom. The molecule has 5 aromatic rings. The van der Waals surface area contributed by atoms with Gasteiger partial charge in [0.25, 0.3) is 0 Å². The fraction of sp³-hybridized carbons (Fsp3) is 0.333. The van der Waals surface area contributed by atoms with E-state index in [0.717, 1.165) is 35.1 Å². The third kappa shape index (κ3) is 5.58. The minimum absolute atomic E-state index is 0.359. The number of benzene rings is 2. The molecule has 1 atom stereocenters. The molecule has 0 spiro atoms. The first-order valence-electron chi connectivity index (χ1n) is 12.5. The average Bonchev–Trinajstić information content (AvgIpc) is 3.47. The van der Waals surface area contributed by atoms with Crippen LogP contribution in [0.5, 0.6) is 11.5 Å². The van der Waals surface area contributed by atoms with Gasteiger partial charge in [-0.1, -0.05) is 31.2 Å². The van der Waals surface area contributed by atoms with Crippen LogP contribution in [-0.2, 0) is 11.5 Å². The van der Waals surface area contributed by atoms with Gasteiger partial charge in [-0.15, -0.1) is 0 Å². The molecule has 0 bridgehead atoms. The van der Waals surface area contributed by atoms with Crippen molar-refractivity contribution in [3.05, 3.63) is 59.8 Å². The molecular formula is C27H31ClN6O3Si. The maximum atomic E-state index is 9.75. The Balaban J connectivity index is 1.38. The highest BCUT2D eigenvalue weighted by molar-refractivity contribution is 6.76. The van der Waals surface area contributed by atoms with Gasteiger partial charge in [0.2, 0.25) is 0 Å². The molecule has 11 heteroatoms. The van der Waals surface area contributed by atoms with Gasteiger partial charge in [-0.25, -0.2) is 14.6 Å². The van der Waals surface area contributed by atoms with Gasteiger partial charge in [-0.05, 0) is 44.2 Å². The molecule has 0 saturated heterocycles. The number of aliphatic hydroxyl groups is 1. The third-order valence-corrected chi connectivity index (χ3v) is 8.32. The van der Waals surface area contributed by atoms with Crippen molar-refractivity contribution in [2.45, 2.75) is 52.5 Å². The second-order valence-corrected chi connectivity index (χ2v) is 16.5. The van der Waals surface area contributed by atoms with Crippen LogP contribution in [-0.4, -0.2) is 49.1 Å². The lowest BCUT2D eigenvalue weighted by Gasteiger charge is -2.16. The number of rotatable bonds is 9. The highest BCUT2D eigenvalue weighted by Crippen LogP contribution is 2.36. The first-order chi connectivity index (χ1) is 18.1. The van der Waals surface area contributed by atoms with Gasteiger partial charge >= 0.3 is 0 Å². The first-order valence-corrected chi connectivity index (χ1v) is 16.6. The van der Waals surface area contributed by atoms with Crippen LogP contribution in [0.4, 0.5) is 0 Å². The molecule has 9 nitrogen and oxygen atoms in total. The molecule has 2 aromatic carbocycles. The van der Waals surface area contributed by atoms with Crippen LogP contribution in [0.3, 0.4) is 0 Å². The quantitative estimate of drug-likeness (QED) is 0.167. The molecular weight excluding hydrogens is 520 g/mol. The molecule has 5 rings (SSSR count). The topological polar surface area (TPSA) is 100 Å². The second kappa shape index (κ2) is 10.5. The maximum Gasteiger partial charge on any atom is 0.148 e. The van der Waals surface area contributed by atoms with E-state index < -0.39 is 14.3 Å². The van der Waals surface area contributed by atoms with E-state index in [1.54, 1.807) is 31.6 Å². The standard InChI is InChI=1S/C27H31ClN6O3Si/c1-17-31-22-12-20(6-8-24(22)33(17)16-36-10-11-38(3,4)5)37-25-9-7-21-27(26(25)28)32-23(14-29-21)19-13-30-34(15-19)18(2)35/h6-9,12-15,18,35H,10-11,16H2,1-5H3. The first kappa shape index (κ1) is 26.3. The Labute approximate surface area is 227 Å². The summed E-state index contributed by atoms with van der Waals surface area (Å²) in [6, 6.07) is 10.5. The van der Waals surface area contributed by atoms with Crippen LogP contribution >= 0.6 is 11.6 Å². The number of nitrogens with zero attached hydrogens (tertiary/aromatic N) is 6. The average molecular weight is 551 g/mol. The monoisotopic (exact) mass is 550 g/mol. The summed E-state index contributed by atoms with van der Waals surface area (Å²) >= 11 is 6.74. The second-order valence-electron chi connectivity index (χ2n) is 10.5. The molecule has 0 aliphatic carbocycles. The lowest BCUT2D eigenvalue weighted by molar-refractivity contribution is 0.0885. The summed E-state index contributed by atoms with van der Waals surface area (Å²) < 4.78 is 15.6. The third-order valence-electron chi connectivity index (χ3n) is 6.25. The van der Waals surface area contributed by atoms with Gasteiger partial charge < -0.3 is 19.1 Å². The van der Waals surface area contributed by atoms with Gasteiger partial charge in [0.05, 0.1) is 34.6 Å². The number of aliphatic hydroxyl groups excluding tert-OH is 1. The van der Waals surface area contributed by atoms with E-state index in [2.05, 4.69) is 34.3 Å². The predicted octanol–water partition coefficient (Wildman–Crippen LogP) is 6.42. The van der Waals surface area contributed by atoms with Crippen LogP contribution in [0.15, 0.2) is 48.9 Å². The van der Waals surface area contributed by atoms with E-state index in [-0.39, 0.29) is 0 Å². The summed E-state index contributed by atoms with van der Waals surface area (Å²) in [6.45, 7) is 11.9. The van der Waals surface area contributed by atoms with Crippen LogP contribution < -0.4 is 4.74 Å². The van der Waals surface area contributed by atoms with Gasteiger partial charge in [0.1, 0.15) is 40.8 Å². The summed E-state index contributed by atoms with van der Waals surface area (Å²) in [5, 5.41) is 14.3. The van der Waals surface area contributed by atoms with Crippen molar-refractivity contribution in [3.8, 4) is 22.8 Å². The van der Waals surface area contributed by atoms with Crippen LogP contribution in [0.2, 0.25) is 30.7 Å². The number of imidazole rings is 1. The number of hydrogen-bond donors (Lipinski definition) is 1. The lowest BCUT2D eigenvalue weighted by Crippen LogP contribution is -2.22. The summed E-state index contributed by atoms with van der Waals surface area (Å²) in [4.78, 5) is 13.9. The highest BCUT2D eigenvalue weighted by atomic mass is 35.5. The Morgan fingerprint density at radius 2 is 1.89 bits per heavy atom. The molecule has 0 radical (unpaired) electrons. The van der Waals surface area contributed by atoms with E-state index in [0.29, 0.717) is 40.0 Å². The van der Waals surface area contributed by atoms with E-state index in [1.165, 1.54) is 4.68 Å². The van der Waals surface area contributed by atoms with Gasteiger partial charge in [0.15, 0.2) is 0 Å². The fourth-order valence-corrected chi connectivity index (χ4v) is 5.03. The molecule has 0 fully saturated rings. The van der Waals surface area contributed by atoms with Crippen molar-refractivity contribution >= 4 is 41.7 Å². The Hall–Kier alpha value is -3.31. The zero-order chi connectivity index (χ0) is 27.0. The smallest absolute Gasteiger partial charge is 0.148 e. The minimum Gasteiger partial charge on any atom is -0.456 e. The van der Waals surface area contributed by atoms with Crippen molar-refractivity contribution < 1.29 is 14.6 Å². The molecule has 0 aliphatic heterocycles. The number of aromatic nitrogens is 6. The molecule has 1 unspecified atom stereocenters. The number of aryl methyl sites for hydroxylation is 1. The number of fused-ring (bicyclic) bond motifs is 2. The van der Waals surface area contributed by atoms with Gasteiger partial charge in [-0.3, -0.25) is 4.98 Å². The largest absolute Gasteiger partial charge is 0.456 e. The Kier molecular flexibility index (Phi) is 7.23. The SMILES string of the molecule is Cc1nc2cc(Oc3ccc4ncc(-c5cnn(C(C)O)c5)nc4c3Cl)ccc2n1COCC[Si](C)(C)C. The maximum absolute atomic E-state index is 9.75. The molecule has 0 aliphatic rings. The zero-order valence-corrected chi connectivity index (χ0v) is 23.9. The van der Waals surface area contributed by atoms with Crippen LogP contribution in [0.25, 0.3) is 33.3 Å². The van der Waals surface area contributed by atoms with Crippen molar-refractivity contribution in [3.63, 3.8) is 0 Å². The van der Waals surface area contributed by atoms with Crippen molar-refractivity contribution in [1.29, 1.82) is 0 Å². The molecule has 3 aromatic heterocycles. The zero-order valence-electron chi connectivity index (χ0n) is 22.1. The van der Waals surface area contributed by atoms with Gasteiger partial charge in [0, 0.05) is 32.5 Å². The Bertz CT molecular complexity index is 1610. The minimum atomic E-state index is -1.14.